The first kappa shape index (κ1) is 15.9. The number of likely N-dealkylation sites (tertiary alicyclic amines) is 1. The van der Waals surface area contributed by atoms with Crippen LogP contribution in [0, 0.1) is 0 Å². The molecule has 0 bridgehead atoms. The van der Waals surface area contributed by atoms with Crippen LogP contribution in [-0.2, 0) is 0 Å². The van der Waals surface area contributed by atoms with Crippen LogP contribution in [0.1, 0.15) is 37.3 Å². The topological polar surface area (TPSA) is 32.3 Å². The van der Waals surface area contributed by atoms with Gasteiger partial charge in [0, 0.05) is 17.3 Å². The van der Waals surface area contributed by atoms with E-state index in [9.17, 15) is 4.79 Å². The number of carbonyl (C=O) groups is 1. The Bertz CT molecular complexity index is 659. The van der Waals surface area contributed by atoms with Gasteiger partial charge in [-0.1, -0.05) is 60.8 Å². The highest BCUT2D eigenvalue weighted by Gasteiger charge is 2.28. The van der Waals surface area contributed by atoms with Crippen molar-refractivity contribution < 1.29 is 4.79 Å². The summed E-state index contributed by atoms with van der Waals surface area (Å²) in [4.78, 5) is 14.7. The first-order valence-corrected chi connectivity index (χ1v) is 8.50. The molecule has 2 amide bonds. The van der Waals surface area contributed by atoms with E-state index in [1.54, 1.807) is 0 Å². The zero-order chi connectivity index (χ0) is 16.1. The molecule has 0 radical (unpaired) electrons. The Morgan fingerprint density at radius 3 is 2.52 bits per heavy atom. The van der Waals surface area contributed by atoms with Crippen LogP contribution in [0.2, 0.25) is 5.02 Å². The molecule has 1 atom stereocenters. The number of amides is 2. The van der Waals surface area contributed by atoms with Gasteiger partial charge < -0.3 is 10.2 Å². The average Bonchev–Trinajstić information content (AvgIpc) is 2.82. The Hall–Kier alpha value is -2.00. The second-order valence-corrected chi connectivity index (χ2v) is 6.28. The molecule has 1 fully saturated rings. The molecule has 0 unspecified atom stereocenters. The molecule has 1 aliphatic rings. The summed E-state index contributed by atoms with van der Waals surface area (Å²) in [7, 11) is 0. The second-order valence-electron chi connectivity index (χ2n) is 5.88. The molecule has 3 nitrogen and oxygen atoms in total. The fourth-order valence-corrected chi connectivity index (χ4v) is 3.40. The molecule has 23 heavy (non-hydrogen) atoms. The lowest BCUT2D eigenvalue weighted by atomic mass is 10.0. The maximum atomic E-state index is 12.8. The molecule has 2 aromatic rings. The number of halogens is 1. The Labute approximate surface area is 142 Å². The molecular weight excluding hydrogens is 308 g/mol. The van der Waals surface area contributed by atoms with Crippen LogP contribution < -0.4 is 5.32 Å². The SMILES string of the molecule is O=C(Nc1ccccc1)N1CCCCC[C@H]1c1ccccc1Cl. The summed E-state index contributed by atoms with van der Waals surface area (Å²) in [6.07, 6.45) is 4.25. The summed E-state index contributed by atoms with van der Waals surface area (Å²) >= 11 is 6.38. The number of hydrogen-bond donors (Lipinski definition) is 1. The minimum absolute atomic E-state index is 0.0370. The summed E-state index contributed by atoms with van der Waals surface area (Å²) in [5.41, 5.74) is 1.86. The lowest BCUT2D eigenvalue weighted by Crippen LogP contribution is -2.38. The third kappa shape index (κ3) is 3.85. The number of benzene rings is 2. The van der Waals surface area contributed by atoms with E-state index in [0.717, 1.165) is 48.5 Å². The maximum absolute atomic E-state index is 12.8. The highest BCUT2D eigenvalue weighted by molar-refractivity contribution is 6.31. The molecule has 0 aliphatic carbocycles. The number of para-hydroxylation sites is 1. The van der Waals surface area contributed by atoms with Gasteiger partial charge in [-0.3, -0.25) is 0 Å². The van der Waals surface area contributed by atoms with Crippen molar-refractivity contribution in [1.82, 2.24) is 4.90 Å². The van der Waals surface area contributed by atoms with Gasteiger partial charge in [0.05, 0.1) is 6.04 Å². The standard InChI is InChI=1S/C19H21ClN2O/c20-17-12-7-6-11-16(17)18-13-5-2-8-14-22(18)19(23)21-15-9-3-1-4-10-15/h1,3-4,6-7,9-12,18H,2,5,8,13-14H2,(H,21,23)/t18-/m0/s1. The molecule has 0 aromatic heterocycles. The van der Waals surface area contributed by atoms with Crippen molar-refractivity contribution in [3.05, 3.63) is 65.2 Å². The molecule has 1 aliphatic heterocycles. The van der Waals surface area contributed by atoms with Crippen molar-refractivity contribution in [1.29, 1.82) is 0 Å². The van der Waals surface area contributed by atoms with Crippen LogP contribution in [0.3, 0.4) is 0 Å². The van der Waals surface area contributed by atoms with Crippen molar-refractivity contribution in [2.24, 2.45) is 0 Å². The van der Waals surface area contributed by atoms with Crippen molar-refractivity contribution in [2.45, 2.75) is 31.7 Å². The number of nitrogens with zero attached hydrogens (tertiary/aromatic N) is 1. The molecule has 4 heteroatoms. The van der Waals surface area contributed by atoms with Crippen molar-refractivity contribution in [2.75, 3.05) is 11.9 Å². The van der Waals surface area contributed by atoms with Gasteiger partial charge in [0.25, 0.3) is 0 Å². The first-order valence-electron chi connectivity index (χ1n) is 8.13. The van der Waals surface area contributed by atoms with Gasteiger partial charge in [0.1, 0.15) is 0 Å². The molecule has 1 heterocycles. The van der Waals surface area contributed by atoms with Crippen molar-refractivity contribution >= 4 is 23.3 Å². The normalized spacial score (nSPS) is 18.3. The Balaban J connectivity index is 1.84. The number of nitrogens with one attached hydrogen (secondary N) is 1. The lowest BCUT2D eigenvalue weighted by molar-refractivity contribution is 0.189. The highest BCUT2D eigenvalue weighted by atomic mass is 35.5. The number of hydrogen-bond acceptors (Lipinski definition) is 1. The maximum Gasteiger partial charge on any atom is 0.322 e. The largest absolute Gasteiger partial charge is 0.322 e. The Morgan fingerprint density at radius 2 is 1.74 bits per heavy atom. The first-order chi connectivity index (χ1) is 11.3. The predicted octanol–water partition coefficient (Wildman–Crippen LogP) is 5.49. The summed E-state index contributed by atoms with van der Waals surface area (Å²) < 4.78 is 0. The van der Waals surface area contributed by atoms with Gasteiger partial charge in [-0.15, -0.1) is 0 Å². The van der Waals surface area contributed by atoms with E-state index in [-0.39, 0.29) is 12.1 Å². The molecule has 120 valence electrons. The molecule has 3 rings (SSSR count). The van der Waals surface area contributed by atoms with E-state index in [0.29, 0.717) is 0 Å². The summed E-state index contributed by atoms with van der Waals surface area (Å²) in [6.45, 7) is 0.758. The van der Waals surface area contributed by atoms with Crippen LogP contribution in [0.15, 0.2) is 54.6 Å². The van der Waals surface area contributed by atoms with Crippen molar-refractivity contribution in [3.63, 3.8) is 0 Å². The minimum atomic E-state index is -0.0528. The third-order valence-corrected chi connectivity index (χ3v) is 4.65. The summed E-state index contributed by atoms with van der Waals surface area (Å²) in [5, 5.41) is 3.74. The zero-order valence-corrected chi connectivity index (χ0v) is 13.8. The quantitative estimate of drug-likeness (QED) is 0.776. The number of rotatable bonds is 2. The average molecular weight is 329 g/mol. The molecule has 1 N–H and O–H groups in total. The third-order valence-electron chi connectivity index (χ3n) is 4.30. The van der Waals surface area contributed by atoms with Gasteiger partial charge in [-0.05, 0) is 36.6 Å². The molecule has 2 aromatic carbocycles. The lowest BCUT2D eigenvalue weighted by Gasteiger charge is -2.31. The van der Waals surface area contributed by atoms with E-state index in [1.807, 2.05) is 59.5 Å². The van der Waals surface area contributed by atoms with Crippen LogP contribution >= 0.6 is 11.6 Å². The van der Waals surface area contributed by atoms with Crippen LogP contribution in [-0.4, -0.2) is 17.5 Å². The molecule has 1 saturated heterocycles. The fourth-order valence-electron chi connectivity index (χ4n) is 3.14. The summed E-state index contributed by atoms with van der Waals surface area (Å²) in [6, 6.07) is 17.4. The van der Waals surface area contributed by atoms with Gasteiger partial charge in [0.15, 0.2) is 0 Å². The fraction of sp³-hybridized carbons (Fsp3) is 0.316. The second kappa shape index (κ2) is 7.51. The number of anilines is 1. The Morgan fingerprint density at radius 1 is 1.00 bits per heavy atom. The summed E-state index contributed by atoms with van der Waals surface area (Å²) in [5.74, 6) is 0. The van der Waals surface area contributed by atoms with Crippen LogP contribution in [0.5, 0.6) is 0 Å². The van der Waals surface area contributed by atoms with Gasteiger partial charge in [-0.2, -0.15) is 0 Å². The van der Waals surface area contributed by atoms with E-state index in [4.69, 9.17) is 11.6 Å². The van der Waals surface area contributed by atoms with Crippen LogP contribution in [0.4, 0.5) is 10.5 Å². The van der Waals surface area contributed by atoms with Gasteiger partial charge >= 0.3 is 6.03 Å². The van der Waals surface area contributed by atoms with Gasteiger partial charge in [-0.25, -0.2) is 4.79 Å². The highest BCUT2D eigenvalue weighted by Crippen LogP contribution is 2.34. The van der Waals surface area contributed by atoms with Crippen molar-refractivity contribution in [3.8, 4) is 0 Å². The Kier molecular flexibility index (Phi) is 5.19. The molecule has 0 saturated carbocycles. The minimum Gasteiger partial charge on any atom is -0.317 e. The van der Waals surface area contributed by atoms with Gasteiger partial charge in [0.2, 0.25) is 0 Å². The molecule has 0 spiro atoms. The zero-order valence-electron chi connectivity index (χ0n) is 13.0. The van der Waals surface area contributed by atoms with E-state index in [2.05, 4.69) is 5.32 Å². The van der Waals surface area contributed by atoms with E-state index < -0.39 is 0 Å². The number of carbonyl (C=O) groups excluding carboxylic acids is 1. The number of urea groups is 1. The van der Waals surface area contributed by atoms with E-state index in [1.165, 1.54) is 0 Å². The smallest absolute Gasteiger partial charge is 0.317 e. The van der Waals surface area contributed by atoms with Crippen LogP contribution in [0.25, 0.3) is 0 Å². The monoisotopic (exact) mass is 328 g/mol. The predicted molar refractivity (Wildman–Crippen MR) is 94.8 cm³/mol. The van der Waals surface area contributed by atoms with E-state index >= 15 is 0 Å². The molecular formula is C19H21ClN2O.